The molecule has 0 aromatic heterocycles. The summed E-state index contributed by atoms with van der Waals surface area (Å²) in [6, 6.07) is 3.81. The number of amides is 2. The number of hydrogen-bond acceptors (Lipinski definition) is 2. The second kappa shape index (κ2) is 5.90. The summed E-state index contributed by atoms with van der Waals surface area (Å²) in [7, 11) is 0. The lowest BCUT2D eigenvalue weighted by Gasteiger charge is -2.31. The third-order valence-corrected chi connectivity index (χ3v) is 3.47. The number of halogens is 1. The molecule has 1 aliphatic heterocycles. The van der Waals surface area contributed by atoms with Crippen molar-refractivity contribution in [2.45, 2.75) is 19.8 Å². The molecule has 0 saturated carbocycles. The van der Waals surface area contributed by atoms with Gasteiger partial charge >= 0.3 is 6.03 Å². The van der Waals surface area contributed by atoms with Gasteiger partial charge in [-0.25, -0.2) is 9.18 Å². The Kier molecular flexibility index (Phi) is 4.22. The maximum absolute atomic E-state index is 13.8. The average Bonchev–Trinajstić information content (AvgIpc) is 2.40. The van der Waals surface area contributed by atoms with Gasteiger partial charge in [-0.2, -0.15) is 0 Å². The molecule has 5 nitrogen and oxygen atoms in total. The van der Waals surface area contributed by atoms with Crippen LogP contribution in [0.5, 0.6) is 0 Å². The Bertz CT molecular complexity index is 532. The number of carbonyl (C=O) groups excluding carboxylic acids is 1. The lowest BCUT2D eigenvalue weighted by Crippen LogP contribution is -2.41. The molecule has 1 unspecified atom stereocenters. The number of carbonyl (C=O) groups is 1. The molecule has 1 atom stereocenters. The molecule has 2 rings (SSSR count). The number of nitrogens with two attached hydrogens (primary N) is 1. The number of amidine groups is 1. The standard InChI is InChI=1S/C14H19FN4O/c1-9-3-2-6-19(8-9)14(20)18-12-5-4-10(13(16)17)7-11(12)15/h4-5,7,9H,2-3,6,8H2,1H3,(H3,16,17)(H,18,20). The van der Waals surface area contributed by atoms with E-state index in [-0.39, 0.29) is 17.6 Å². The van der Waals surface area contributed by atoms with Crippen molar-refractivity contribution < 1.29 is 9.18 Å². The van der Waals surface area contributed by atoms with E-state index in [2.05, 4.69) is 12.2 Å². The van der Waals surface area contributed by atoms with Gasteiger partial charge in [-0.1, -0.05) is 6.92 Å². The lowest BCUT2D eigenvalue weighted by atomic mass is 10.0. The summed E-state index contributed by atoms with van der Waals surface area (Å²) >= 11 is 0. The minimum atomic E-state index is -0.587. The number of anilines is 1. The van der Waals surface area contributed by atoms with Crippen LogP contribution in [0, 0.1) is 17.1 Å². The second-order valence-corrected chi connectivity index (χ2v) is 5.23. The Morgan fingerprint density at radius 3 is 2.90 bits per heavy atom. The summed E-state index contributed by atoms with van der Waals surface area (Å²) < 4.78 is 13.8. The van der Waals surface area contributed by atoms with Crippen LogP contribution in [0.2, 0.25) is 0 Å². The third-order valence-electron chi connectivity index (χ3n) is 3.47. The fourth-order valence-corrected chi connectivity index (χ4v) is 2.35. The monoisotopic (exact) mass is 278 g/mol. The van der Waals surface area contributed by atoms with E-state index in [0.29, 0.717) is 24.6 Å². The van der Waals surface area contributed by atoms with Crippen LogP contribution in [-0.2, 0) is 0 Å². The molecule has 20 heavy (non-hydrogen) atoms. The van der Waals surface area contributed by atoms with Crippen LogP contribution < -0.4 is 11.1 Å². The van der Waals surface area contributed by atoms with Gasteiger partial charge in [0.15, 0.2) is 0 Å². The summed E-state index contributed by atoms with van der Waals surface area (Å²) in [6.07, 6.45) is 2.09. The van der Waals surface area contributed by atoms with E-state index < -0.39 is 5.82 Å². The molecule has 0 spiro atoms. The number of nitrogen functional groups attached to an aromatic ring is 1. The van der Waals surface area contributed by atoms with Gasteiger partial charge in [0.2, 0.25) is 0 Å². The highest BCUT2D eigenvalue weighted by atomic mass is 19.1. The Morgan fingerprint density at radius 1 is 1.55 bits per heavy atom. The number of benzene rings is 1. The van der Waals surface area contributed by atoms with Crippen molar-refractivity contribution in [3.05, 3.63) is 29.6 Å². The van der Waals surface area contributed by atoms with Crippen LogP contribution in [-0.4, -0.2) is 29.9 Å². The van der Waals surface area contributed by atoms with E-state index in [1.54, 1.807) is 4.90 Å². The van der Waals surface area contributed by atoms with Gasteiger partial charge in [0, 0.05) is 18.7 Å². The molecule has 1 aromatic carbocycles. The Labute approximate surface area is 117 Å². The third kappa shape index (κ3) is 3.26. The number of likely N-dealkylation sites (tertiary alicyclic amines) is 1. The number of nitrogens with one attached hydrogen (secondary N) is 2. The van der Waals surface area contributed by atoms with Crippen molar-refractivity contribution in [3.63, 3.8) is 0 Å². The predicted octanol–water partition coefficient (Wildman–Crippen LogP) is 2.37. The van der Waals surface area contributed by atoms with Gasteiger partial charge in [-0.05, 0) is 37.0 Å². The molecule has 1 aromatic rings. The summed E-state index contributed by atoms with van der Waals surface area (Å²) in [4.78, 5) is 13.8. The molecule has 0 bridgehead atoms. The SMILES string of the molecule is CC1CCCN(C(=O)Nc2ccc(C(=N)N)cc2F)C1. The first-order chi connectivity index (χ1) is 9.47. The van der Waals surface area contributed by atoms with Crippen molar-refractivity contribution in [1.29, 1.82) is 5.41 Å². The Hall–Kier alpha value is -2.11. The molecular formula is C14H19FN4O. The van der Waals surface area contributed by atoms with E-state index in [9.17, 15) is 9.18 Å². The van der Waals surface area contributed by atoms with Crippen LogP contribution in [0.3, 0.4) is 0 Å². The zero-order valence-corrected chi connectivity index (χ0v) is 11.4. The summed E-state index contributed by atoms with van der Waals surface area (Å²) in [5, 5.41) is 9.81. The minimum Gasteiger partial charge on any atom is -0.384 e. The summed E-state index contributed by atoms with van der Waals surface area (Å²) in [6.45, 7) is 3.49. The maximum Gasteiger partial charge on any atom is 0.321 e. The maximum atomic E-state index is 13.8. The highest BCUT2D eigenvalue weighted by molar-refractivity contribution is 5.96. The molecule has 4 N–H and O–H groups in total. The van der Waals surface area contributed by atoms with Gasteiger partial charge in [-0.3, -0.25) is 5.41 Å². The van der Waals surface area contributed by atoms with Crippen LogP contribution >= 0.6 is 0 Å². The first kappa shape index (κ1) is 14.3. The number of piperidine rings is 1. The van der Waals surface area contributed by atoms with E-state index >= 15 is 0 Å². The van der Waals surface area contributed by atoms with Crippen LogP contribution in [0.1, 0.15) is 25.3 Å². The zero-order valence-electron chi connectivity index (χ0n) is 11.4. The number of urea groups is 1. The predicted molar refractivity (Wildman–Crippen MR) is 76.4 cm³/mol. The van der Waals surface area contributed by atoms with Gasteiger partial charge in [0.25, 0.3) is 0 Å². The molecule has 0 radical (unpaired) electrons. The van der Waals surface area contributed by atoms with E-state index in [1.165, 1.54) is 12.1 Å². The molecule has 108 valence electrons. The van der Waals surface area contributed by atoms with E-state index in [4.69, 9.17) is 11.1 Å². The van der Waals surface area contributed by atoms with E-state index in [0.717, 1.165) is 18.9 Å². The second-order valence-electron chi connectivity index (χ2n) is 5.23. The first-order valence-corrected chi connectivity index (χ1v) is 6.67. The molecule has 2 amide bonds. The lowest BCUT2D eigenvalue weighted by molar-refractivity contribution is 0.182. The molecule has 0 aliphatic carbocycles. The van der Waals surface area contributed by atoms with Crippen LogP contribution in [0.25, 0.3) is 0 Å². The van der Waals surface area contributed by atoms with Crippen molar-refractivity contribution in [2.75, 3.05) is 18.4 Å². The Balaban J connectivity index is 2.06. The number of nitrogens with zero attached hydrogens (tertiary/aromatic N) is 1. The molecule has 6 heteroatoms. The van der Waals surface area contributed by atoms with Gasteiger partial charge in [-0.15, -0.1) is 0 Å². The Morgan fingerprint density at radius 2 is 2.30 bits per heavy atom. The molecule has 1 fully saturated rings. The largest absolute Gasteiger partial charge is 0.384 e. The highest BCUT2D eigenvalue weighted by Crippen LogP contribution is 2.19. The first-order valence-electron chi connectivity index (χ1n) is 6.67. The van der Waals surface area contributed by atoms with Crippen LogP contribution in [0.15, 0.2) is 18.2 Å². The van der Waals surface area contributed by atoms with Crippen molar-refractivity contribution >= 4 is 17.6 Å². The van der Waals surface area contributed by atoms with Crippen molar-refractivity contribution in [1.82, 2.24) is 4.90 Å². The molecular weight excluding hydrogens is 259 g/mol. The fraction of sp³-hybridized carbons (Fsp3) is 0.429. The summed E-state index contributed by atoms with van der Waals surface area (Å²) in [5.41, 5.74) is 5.69. The smallest absolute Gasteiger partial charge is 0.321 e. The molecule has 1 heterocycles. The molecule has 1 aliphatic rings. The van der Waals surface area contributed by atoms with E-state index in [1.807, 2.05) is 0 Å². The number of rotatable bonds is 2. The normalized spacial score (nSPS) is 18.7. The van der Waals surface area contributed by atoms with Gasteiger partial charge < -0.3 is 16.0 Å². The zero-order chi connectivity index (χ0) is 14.7. The average molecular weight is 278 g/mol. The fourth-order valence-electron chi connectivity index (χ4n) is 2.35. The minimum absolute atomic E-state index is 0.109. The van der Waals surface area contributed by atoms with Gasteiger partial charge in [0.1, 0.15) is 11.7 Å². The quantitative estimate of drug-likeness (QED) is 0.573. The highest BCUT2D eigenvalue weighted by Gasteiger charge is 2.21. The number of hydrogen-bond donors (Lipinski definition) is 3. The van der Waals surface area contributed by atoms with Crippen molar-refractivity contribution in [2.24, 2.45) is 11.7 Å². The molecule has 1 saturated heterocycles. The van der Waals surface area contributed by atoms with Gasteiger partial charge in [0.05, 0.1) is 5.69 Å². The topological polar surface area (TPSA) is 82.2 Å². The van der Waals surface area contributed by atoms with Crippen LogP contribution in [0.4, 0.5) is 14.9 Å². The van der Waals surface area contributed by atoms with Crippen molar-refractivity contribution in [3.8, 4) is 0 Å². The summed E-state index contributed by atoms with van der Waals surface area (Å²) in [5.74, 6) is -0.317.